The van der Waals surface area contributed by atoms with E-state index in [9.17, 15) is 9.59 Å². The van der Waals surface area contributed by atoms with Crippen LogP contribution in [0.1, 0.15) is 32.1 Å². The van der Waals surface area contributed by atoms with Crippen molar-refractivity contribution in [2.75, 3.05) is 46.0 Å². The Morgan fingerprint density at radius 3 is 2.20 bits per heavy atom. The normalized spacial score (nSPS) is 21.7. The van der Waals surface area contributed by atoms with Gasteiger partial charge in [-0.25, -0.2) is 0 Å². The zero-order chi connectivity index (χ0) is 20.8. The molecule has 2 amide bonds. The van der Waals surface area contributed by atoms with E-state index in [1.165, 1.54) is 0 Å². The summed E-state index contributed by atoms with van der Waals surface area (Å²) >= 11 is 0. The van der Waals surface area contributed by atoms with E-state index in [4.69, 9.17) is 14.2 Å². The van der Waals surface area contributed by atoms with Crippen molar-refractivity contribution in [1.82, 2.24) is 9.80 Å². The van der Waals surface area contributed by atoms with Gasteiger partial charge in [-0.15, -0.1) is 0 Å². The zero-order valence-corrected chi connectivity index (χ0v) is 17.5. The number of piperidine rings is 2. The fraction of sp³-hybridized carbons (Fsp3) is 0.652. The molecule has 0 N–H and O–H groups in total. The van der Waals surface area contributed by atoms with Crippen LogP contribution in [0.2, 0.25) is 0 Å². The summed E-state index contributed by atoms with van der Waals surface area (Å²) in [6, 6.07) is 9.54. The average Bonchev–Trinajstić information content (AvgIpc) is 3.34. The van der Waals surface area contributed by atoms with Crippen molar-refractivity contribution in [2.24, 2.45) is 11.8 Å². The molecule has 0 atom stereocenters. The topological polar surface area (TPSA) is 68.3 Å². The molecule has 3 saturated heterocycles. The lowest BCUT2D eigenvalue weighted by molar-refractivity contribution is -0.144. The van der Waals surface area contributed by atoms with Gasteiger partial charge in [-0.3, -0.25) is 9.59 Å². The Hall–Kier alpha value is -2.12. The molecular formula is C23H32N2O5. The SMILES string of the molecule is O=C(CCOc1ccccc1)N1CCC(C(=O)N2CCC(C3OCCO3)CC2)CC1. The minimum absolute atomic E-state index is 0.0325. The van der Waals surface area contributed by atoms with E-state index in [0.717, 1.165) is 44.5 Å². The van der Waals surface area contributed by atoms with Gasteiger partial charge in [-0.1, -0.05) is 18.2 Å². The van der Waals surface area contributed by atoms with Crippen molar-refractivity contribution in [1.29, 1.82) is 0 Å². The average molecular weight is 417 g/mol. The minimum Gasteiger partial charge on any atom is -0.493 e. The van der Waals surface area contributed by atoms with E-state index < -0.39 is 0 Å². The van der Waals surface area contributed by atoms with E-state index in [1.807, 2.05) is 40.1 Å². The Balaban J connectivity index is 1.15. The van der Waals surface area contributed by atoms with Crippen molar-refractivity contribution in [2.45, 2.75) is 38.4 Å². The van der Waals surface area contributed by atoms with Gasteiger partial charge in [0.05, 0.1) is 26.2 Å². The lowest BCUT2D eigenvalue weighted by Crippen LogP contribution is -2.47. The van der Waals surface area contributed by atoms with Gasteiger partial charge < -0.3 is 24.0 Å². The molecule has 164 valence electrons. The number of hydrogen-bond donors (Lipinski definition) is 0. The van der Waals surface area contributed by atoms with Gasteiger partial charge in [0, 0.05) is 38.0 Å². The molecule has 0 radical (unpaired) electrons. The Morgan fingerprint density at radius 2 is 1.53 bits per heavy atom. The summed E-state index contributed by atoms with van der Waals surface area (Å²) in [4.78, 5) is 29.3. The van der Waals surface area contributed by atoms with Gasteiger partial charge in [0.15, 0.2) is 6.29 Å². The zero-order valence-electron chi connectivity index (χ0n) is 17.5. The Labute approximate surface area is 178 Å². The van der Waals surface area contributed by atoms with Crippen LogP contribution in [-0.2, 0) is 19.1 Å². The van der Waals surface area contributed by atoms with Crippen molar-refractivity contribution in [3.05, 3.63) is 30.3 Å². The third-order valence-electron chi connectivity index (χ3n) is 6.41. The summed E-state index contributed by atoms with van der Waals surface area (Å²) < 4.78 is 16.9. The fourth-order valence-electron chi connectivity index (χ4n) is 4.61. The highest BCUT2D eigenvalue weighted by molar-refractivity contribution is 5.80. The second-order valence-electron chi connectivity index (χ2n) is 8.34. The summed E-state index contributed by atoms with van der Waals surface area (Å²) in [7, 11) is 0. The van der Waals surface area contributed by atoms with Crippen LogP contribution < -0.4 is 4.74 Å². The maximum absolute atomic E-state index is 12.9. The molecular weight excluding hydrogens is 384 g/mol. The van der Waals surface area contributed by atoms with E-state index in [1.54, 1.807) is 0 Å². The van der Waals surface area contributed by atoms with Gasteiger partial charge in [0.2, 0.25) is 11.8 Å². The molecule has 0 aliphatic carbocycles. The quantitative estimate of drug-likeness (QED) is 0.712. The number of hydrogen-bond acceptors (Lipinski definition) is 5. The summed E-state index contributed by atoms with van der Waals surface area (Å²) in [6.45, 7) is 4.61. The smallest absolute Gasteiger partial charge is 0.225 e. The number of ether oxygens (including phenoxy) is 3. The second kappa shape index (κ2) is 10.3. The molecule has 4 rings (SSSR count). The molecule has 3 fully saturated rings. The molecule has 0 bridgehead atoms. The van der Waals surface area contributed by atoms with Gasteiger partial charge in [0.25, 0.3) is 0 Å². The van der Waals surface area contributed by atoms with Gasteiger partial charge in [-0.2, -0.15) is 0 Å². The maximum atomic E-state index is 12.9. The number of carbonyl (C=O) groups excluding carboxylic acids is 2. The molecule has 7 nitrogen and oxygen atoms in total. The minimum atomic E-state index is -0.0811. The van der Waals surface area contributed by atoms with Gasteiger partial charge in [-0.05, 0) is 37.8 Å². The largest absolute Gasteiger partial charge is 0.493 e. The third kappa shape index (κ3) is 5.32. The van der Waals surface area contributed by atoms with Crippen molar-refractivity contribution < 1.29 is 23.8 Å². The lowest BCUT2D eigenvalue weighted by Gasteiger charge is -2.38. The van der Waals surface area contributed by atoms with Crippen LogP contribution in [0.15, 0.2) is 30.3 Å². The molecule has 3 aliphatic heterocycles. The predicted molar refractivity (Wildman–Crippen MR) is 111 cm³/mol. The second-order valence-corrected chi connectivity index (χ2v) is 8.34. The van der Waals surface area contributed by atoms with Crippen LogP contribution in [-0.4, -0.2) is 73.9 Å². The molecule has 30 heavy (non-hydrogen) atoms. The number of benzene rings is 1. The molecule has 0 unspecified atom stereocenters. The van der Waals surface area contributed by atoms with Crippen LogP contribution in [0.4, 0.5) is 0 Å². The van der Waals surface area contributed by atoms with Crippen molar-refractivity contribution >= 4 is 11.8 Å². The number of para-hydroxylation sites is 1. The Kier molecular flexibility index (Phi) is 7.23. The van der Waals surface area contributed by atoms with Crippen LogP contribution in [0, 0.1) is 11.8 Å². The summed E-state index contributed by atoms with van der Waals surface area (Å²) in [5.41, 5.74) is 0. The molecule has 1 aromatic rings. The number of likely N-dealkylation sites (tertiary alicyclic amines) is 2. The van der Waals surface area contributed by atoms with Gasteiger partial charge in [0.1, 0.15) is 5.75 Å². The molecule has 7 heteroatoms. The maximum Gasteiger partial charge on any atom is 0.225 e. The van der Waals surface area contributed by atoms with Crippen LogP contribution >= 0.6 is 0 Å². The van der Waals surface area contributed by atoms with E-state index in [0.29, 0.717) is 45.2 Å². The van der Waals surface area contributed by atoms with Crippen LogP contribution in [0.3, 0.4) is 0 Å². The molecule has 1 aromatic carbocycles. The first-order valence-corrected chi connectivity index (χ1v) is 11.2. The third-order valence-corrected chi connectivity index (χ3v) is 6.41. The number of nitrogens with zero attached hydrogens (tertiary/aromatic N) is 2. The number of amides is 2. The molecule has 3 aliphatic rings. The molecule has 0 saturated carbocycles. The molecule has 3 heterocycles. The molecule has 0 aromatic heterocycles. The highest BCUT2D eigenvalue weighted by Crippen LogP contribution is 2.28. The van der Waals surface area contributed by atoms with Crippen LogP contribution in [0.25, 0.3) is 0 Å². The summed E-state index contributed by atoms with van der Waals surface area (Å²) in [5, 5.41) is 0. The van der Waals surface area contributed by atoms with E-state index in [-0.39, 0.29) is 24.0 Å². The first kappa shape index (κ1) is 21.1. The highest BCUT2D eigenvalue weighted by atomic mass is 16.7. The van der Waals surface area contributed by atoms with Crippen LogP contribution in [0.5, 0.6) is 5.75 Å². The van der Waals surface area contributed by atoms with E-state index in [2.05, 4.69) is 0 Å². The summed E-state index contributed by atoms with van der Waals surface area (Å²) in [6.07, 6.45) is 3.66. The fourth-order valence-corrected chi connectivity index (χ4v) is 4.61. The van der Waals surface area contributed by atoms with Crippen molar-refractivity contribution in [3.63, 3.8) is 0 Å². The number of rotatable bonds is 6. The number of carbonyl (C=O) groups is 2. The lowest BCUT2D eigenvalue weighted by atomic mass is 9.91. The first-order chi connectivity index (χ1) is 14.7. The summed E-state index contributed by atoms with van der Waals surface area (Å²) in [5.74, 6) is 1.57. The van der Waals surface area contributed by atoms with E-state index >= 15 is 0 Å². The van der Waals surface area contributed by atoms with Gasteiger partial charge >= 0.3 is 0 Å². The monoisotopic (exact) mass is 416 g/mol. The standard InChI is InChI=1S/C23H32N2O5/c26-21(10-15-28-20-4-2-1-3-5-20)24-11-6-18(7-12-24)22(27)25-13-8-19(9-14-25)23-29-16-17-30-23/h1-5,18-19,23H,6-17H2. The van der Waals surface area contributed by atoms with Crippen molar-refractivity contribution in [3.8, 4) is 5.75 Å². The predicted octanol–water partition coefficient (Wildman–Crippen LogP) is 2.31. The first-order valence-electron chi connectivity index (χ1n) is 11.2. The highest BCUT2D eigenvalue weighted by Gasteiger charge is 2.35. The molecule has 0 spiro atoms. The Morgan fingerprint density at radius 1 is 0.900 bits per heavy atom. The Bertz CT molecular complexity index is 691.